The van der Waals surface area contributed by atoms with E-state index in [9.17, 15) is 4.79 Å². The molecule has 0 spiro atoms. The summed E-state index contributed by atoms with van der Waals surface area (Å²) in [6.45, 7) is 2.28. The third-order valence-corrected chi connectivity index (χ3v) is 7.99. The average Bonchev–Trinajstić information content (AvgIpc) is 2.93. The van der Waals surface area contributed by atoms with Gasteiger partial charge in [-0.05, 0) is 48.2 Å². The molecule has 3 saturated heterocycles. The van der Waals surface area contributed by atoms with Crippen LogP contribution in [0.1, 0.15) is 29.0 Å². The number of piperidine rings is 3. The molecule has 3 fully saturated rings. The number of carbonyl (C=O) groups excluding carboxylic acids is 1. The molecule has 0 saturated carbocycles. The first-order valence-corrected chi connectivity index (χ1v) is 12.7. The van der Waals surface area contributed by atoms with Gasteiger partial charge in [-0.2, -0.15) is 0 Å². The van der Waals surface area contributed by atoms with Crippen LogP contribution in [0.25, 0.3) is 0 Å². The molecular weight excluding hydrogens is 521 g/mol. The van der Waals surface area contributed by atoms with E-state index in [4.69, 9.17) is 15.2 Å². The first-order chi connectivity index (χ1) is 17.6. The minimum atomic E-state index is -0.204. The molecule has 1 amide bonds. The second-order valence-corrected chi connectivity index (χ2v) is 9.83. The summed E-state index contributed by atoms with van der Waals surface area (Å²) in [4.78, 5) is 15.0. The summed E-state index contributed by atoms with van der Waals surface area (Å²) in [6, 6.07) is 27.5. The number of nitrogens with one attached hydrogen (secondary N) is 1. The number of amides is 1. The Morgan fingerprint density at radius 3 is 2.16 bits per heavy atom. The topological polar surface area (TPSA) is 76.8 Å². The smallest absolute Gasteiger partial charge is 0.222 e. The second-order valence-electron chi connectivity index (χ2n) is 9.83. The molecule has 3 aliphatic rings. The van der Waals surface area contributed by atoms with Crippen LogP contribution in [-0.4, -0.2) is 50.2 Å². The van der Waals surface area contributed by atoms with Gasteiger partial charge in [0, 0.05) is 36.7 Å². The SMILES string of the molecule is COc1ccc(OC)c(CN[C@H]2[C@H]3CCN(C[C@@H]3C(N)=O)[C@@H]2C(c2ccccc2)c2ccccc2)c1.Cl.Cl. The van der Waals surface area contributed by atoms with E-state index in [0.29, 0.717) is 13.1 Å². The summed E-state index contributed by atoms with van der Waals surface area (Å²) in [5, 5.41) is 3.87. The standard InChI is InChI=1S/C30H35N3O3.2ClH/c1-35-23-13-14-26(36-2)22(17-23)18-32-28-24-15-16-33(19-25(24)30(31)34)29(28)27(20-9-5-3-6-10-20)21-11-7-4-8-12-21;;/h3-14,17,24-25,27-29,32H,15-16,18-19H2,1-2H3,(H2,31,34);2*1H/t24-,25-,28-,29+;;/m0../s1. The lowest BCUT2D eigenvalue weighted by Gasteiger charge is -2.56. The van der Waals surface area contributed by atoms with Crippen LogP contribution < -0.4 is 20.5 Å². The number of ether oxygens (including phenoxy) is 2. The maximum absolute atomic E-state index is 12.5. The average molecular weight is 559 g/mol. The molecule has 6 rings (SSSR count). The number of methoxy groups -OCH3 is 2. The van der Waals surface area contributed by atoms with Crippen LogP contribution in [0.2, 0.25) is 0 Å². The fraction of sp³-hybridized carbons (Fsp3) is 0.367. The zero-order valence-electron chi connectivity index (χ0n) is 21.8. The molecule has 38 heavy (non-hydrogen) atoms. The van der Waals surface area contributed by atoms with E-state index < -0.39 is 0 Å². The first kappa shape index (κ1) is 29.8. The fourth-order valence-corrected chi connectivity index (χ4v) is 6.32. The second kappa shape index (κ2) is 13.3. The molecular formula is C30H37Cl2N3O3. The molecule has 0 aromatic heterocycles. The van der Waals surface area contributed by atoms with E-state index in [1.54, 1.807) is 14.2 Å². The molecule has 204 valence electrons. The van der Waals surface area contributed by atoms with Crippen LogP contribution in [0.15, 0.2) is 78.9 Å². The third kappa shape index (κ3) is 5.94. The predicted molar refractivity (Wildman–Crippen MR) is 156 cm³/mol. The summed E-state index contributed by atoms with van der Waals surface area (Å²) >= 11 is 0. The summed E-state index contributed by atoms with van der Waals surface area (Å²) in [5.74, 6) is 1.57. The van der Waals surface area contributed by atoms with Gasteiger partial charge in [-0.15, -0.1) is 24.8 Å². The summed E-state index contributed by atoms with van der Waals surface area (Å²) in [5.41, 5.74) is 9.51. The van der Waals surface area contributed by atoms with Crippen molar-refractivity contribution in [3.8, 4) is 11.5 Å². The molecule has 6 nitrogen and oxygen atoms in total. The molecule has 8 heteroatoms. The Morgan fingerprint density at radius 1 is 0.974 bits per heavy atom. The van der Waals surface area contributed by atoms with E-state index in [0.717, 1.165) is 30.0 Å². The van der Waals surface area contributed by atoms with Crippen LogP contribution in [0.3, 0.4) is 0 Å². The highest BCUT2D eigenvalue weighted by atomic mass is 35.5. The highest BCUT2D eigenvalue weighted by Gasteiger charge is 2.51. The van der Waals surface area contributed by atoms with E-state index >= 15 is 0 Å². The van der Waals surface area contributed by atoms with Gasteiger partial charge in [-0.1, -0.05) is 60.7 Å². The number of nitrogens with zero attached hydrogens (tertiary/aromatic N) is 1. The lowest BCUT2D eigenvalue weighted by Crippen LogP contribution is -2.68. The molecule has 3 aromatic rings. The van der Waals surface area contributed by atoms with Crippen molar-refractivity contribution >= 4 is 30.7 Å². The van der Waals surface area contributed by atoms with Crippen molar-refractivity contribution in [1.82, 2.24) is 10.2 Å². The maximum atomic E-state index is 12.5. The van der Waals surface area contributed by atoms with Gasteiger partial charge in [0.1, 0.15) is 11.5 Å². The van der Waals surface area contributed by atoms with Gasteiger partial charge in [0.2, 0.25) is 5.91 Å². The Morgan fingerprint density at radius 2 is 1.61 bits per heavy atom. The lowest BCUT2D eigenvalue weighted by atomic mass is 9.66. The number of primary amides is 1. The number of hydrogen-bond acceptors (Lipinski definition) is 5. The zero-order valence-corrected chi connectivity index (χ0v) is 23.4. The minimum absolute atomic E-state index is 0. The Bertz CT molecular complexity index is 1140. The van der Waals surface area contributed by atoms with Gasteiger partial charge < -0.3 is 20.5 Å². The summed E-state index contributed by atoms with van der Waals surface area (Å²) < 4.78 is 11.1. The lowest BCUT2D eigenvalue weighted by molar-refractivity contribution is -0.132. The number of carbonyl (C=O) groups is 1. The minimum Gasteiger partial charge on any atom is -0.497 e. The van der Waals surface area contributed by atoms with Gasteiger partial charge >= 0.3 is 0 Å². The first-order valence-electron chi connectivity index (χ1n) is 12.7. The summed E-state index contributed by atoms with van der Waals surface area (Å²) in [6.07, 6.45) is 0.952. The molecule has 3 heterocycles. The molecule has 0 radical (unpaired) electrons. The molecule has 3 N–H and O–H groups in total. The highest BCUT2D eigenvalue weighted by Crippen LogP contribution is 2.44. The molecule has 1 unspecified atom stereocenters. The predicted octanol–water partition coefficient (Wildman–Crippen LogP) is 4.64. The van der Waals surface area contributed by atoms with Crippen molar-refractivity contribution in [2.24, 2.45) is 17.6 Å². The Balaban J connectivity index is 0.00000200. The number of hydrogen-bond donors (Lipinski definition) is 2. The fourth-order valence-electron chi connectivity index (χ4n) is 6.32. The van der Waals surface area contributed by atoms with Gasteiger partial charge in [0.05, 0.1) is 20.1 Å². The third-order valence-electron chi connectivity index (χ3n) is 7.99. The Kier molecular flexibility index (Phi) is 10.5. The Labute approximate surface area is 237 Å². The largest absolute Gasteiger partial charge is 0.497 e. The van der Waals surface area contributed by atoms with Gasteiger partial charge in [0.25, 0.3) is 0 Å². The van der Waals surface area contributed by atoms with Crippen molar-refractivity contribution in [1.29, 1.82) is 0 Å². The van der Waals surface area contributed by atoms with Crippen molar-refractivity contribution in [2.75, 3.05) is 27.3 Å². The van der Waals surface area contributed by atoms with E-state index in [1.165, 1.54) is 11.1 Å². The highest BCUT2D eigenvalue weighted by molar-refractivity contribution is 5.85. The van der Waals surface area contributed by atoms with Crippen LogP contribution >= 0.6 is 24.8 Å². The van der Waals surface area contributed by atoms with Crippen LogP contribution in [0.5, 0.6) is 11.5 Å². The van der Waals surface area contributed by atoms with Crippen LogP contribution in [-0.2, 0) is 11.3 Å². The normalized spacial score (nSPS) is 23.7. The zero-order chi connectivity index (χ0) is 25.1. The van der Waals surface area contributed by atoms with Gasteiger partial charge in [-0.25, -0.2) is 0 Å². The quantitative estimate of drug-likeness (QED) is 0.400. The Hall–Kier alpha value is -2.77. The molecule has 3 aromatic carbocycles. The molecule has 3 aliphatic heterocycles. The maximum Gasteiger partial charge on any atom is 0.222 e. The van der Waals surface area contributed by atoms with Crippen molar-refractivity contribution in [3.63, 3.8) is 0 Å². The van der Waals surface area contributed by atoms with E-state index in [2.05, 4.69) is 70.9 Å². The van der Waals surface area contributed by atoms with E-state index in [-0.39, 0.29) is 60.6 Å². The summed E-state index contributed by atoms with van der Waals surface area (Å²) in [7, 11) is 3.36. The molecule has 5 atom stereocenters. The number of fused-ring (bicyclic) bond motifs is 3. The number of halogens is 2. The van der Waals surface area contributed by atoms with Crippen LogP contribution in [0, 0.1) is 11.8 Å². The van der Waals surface area contributed by atoms with Gasteiger partial charge in [-0.3, -0.25) is 9.69 Å². The number of rotatable bonds is 9. The molecule has 0 aliphatic carbocycles. The molecule has 2 bridgehead atoms. The van der Waals surface area contributed by atoms with Crippen molar-refractivity contribution < 1.29 is 14.3 Å². The van der Waals surface area contributed by atoms with Gasteiger partial charge in [0.15, 0.2) is 0 Å². The monoisotopic (exact) mass is 557 g/mol. The van der Waals surface area contributed by atoms with Crippen LogP contribution in [0.4, 0.5) is 0 Å². The van der Waals surface area contributed by atoms with E-state index in [1.807, 2.05) is 18.2 Å². The number of benzene rings is 3. The van der Waals surface area contributed by atoms with Crippen molar-refractivity contribution in [3.05, 3.63) is 95.6 Å². The van der Waals surface area contributed by atoms with Crippen molar-refractivity contribution in [2.45, 2.75) is 31.0 Å². The number of nitrogens with two attached hydrogens (primary N) is 1.